The van der Waals surface area contributed by atoms with E-state index in [-0.39, 0.29) is 11.9 Å². The average molecular weight is 277 g/mol. The lowest BCUT2D eigenvalue weighted by molar-refractivity contribution is -0.124. The van der Waals surface area contributed by atoms with Gasteiger partial charge in [-0.25, -0.2) is 4.79 Å². The van der Waals surface area contributed by atoms with Gasteiger partial charge in [0, 0.05) is 13.1 Å². The maximum atomic E-state index is 11.9. The first kappa shape index (κ1) is 16.2. The number of hydrogen-bond acceptors (Lipinski definition) is 3. The maximum Gasteiger partial charge on any atom is 0.321 e. The molecule has 5 nitrogen and oxygen atoms in total. The Kier molecular flexibility index (Phi) is 6.18. The van der Waals surface area contributed by atoms with E-state index in [4.69, 9.17) is 0 Å². The highest BCUT2D eigenvalue weighted by molar-refractivity contribution is 5.96. The first-order chi connectivity index (χ1) is 9.43. The Morgan fingerprint density at radius 2 is 1.85 bits per heavy atom. The van der Waals surface area contributed by atoms with Gasteiger partial charge in [-0.3, -0.25) is 15.0 Å². The van der Waals surface area contributed by atoms with Gasteiger partial charge in [-0.2, -0.15) is 0 Å². The van der Waals surface area contributed by atoms with Crippen LogP contribution in [0.5, 0.6) is 0 Å². The van der Waals surface area contributed by atoms with Crippen LogP contribution in [-0.2, 0) is 11.3 Å². The smallest absolute Gasteiger partial charge is 0.321 e. The van der Waals surface area contributed by atoms with Gasteiger partial charge in [-0.05, 0) is 33.4 Å². The third-order valence-corrected chi connectivity index (χ3v) is 3.17. The molecule has 0 saturated carbocycles. The van der Waals surface area contributed by atoms with E-state index in [1.54, 1.807) is 13.8 Å². The molecule has 20 heavy (non-hydrogen) atoms. The van der Waals surface area contributed by atoms with E-state index in [0.717, 1.165) is 5.56 Å². The number of carbonyl (C=O) groups excluding carboxylic acids is 2. The van der Waals surface area contributed by atoms with Crippen LogP contribution in [0, 0.1) is 6.92 Å². The molecule has 0 saturated heterocycles. The van der Waals surface area contributed by atoms with E-state index < -0.39 is 6.03 Å². The molecule has 0 heterocycles. The number of imide groups is 1. The molecule has 0 fully saturated rings. The van der Waals surface area contributed by atoms with Crippen molar-refractivity contribution in [3.8, 4) is 0 Å². The molecule has 110 valence electrons. The Hall–Kier alpha value is -1.88. The summed E-state index contributed by atoms with van der Waals surface area (Å²) in [5.74, 6) is -0.300. The largest absolute Gasteiger partial charge is 0.338 e. The summed E-state index contributed by atoms with van der Waals surface area (Å²) in [6, 6.07) is 7.35. The van der Waals surface area contributed by atoms with Crippen molar-refractivity contribution in [2.75, 3.05) is 13.6 Å². The standard InChI is InChI=1S/C15H23N3O2/c1-5-16-15(20)17-14(19)12(3)18(4)10-13-8-6-11(2)7-9-13/h6-9,12H,5,10H2,1-4H3,(H2,16,17,19,20). The minimum Gasteiger partial charge on any atom is -0.338 e. The number of benzene rings is 1. The number of likely N-dealkylation sites (N-methyl/N-ethyl adjacent to an activating group) is 1. The van der Waals surface area contributed by atoms with Gasteiger partial charge in [-0.1, -0.05) is 29.8 Å². The van der Waals surface area contributed by atoms with Crippen molar-refractivity contribution in [2.24, 2.45) is 0 Å². The van der Waals surface area contributed by atoms with E-state index in [2.05, 4.69) is 10.6 Å². The Labute approximate surface area is 120 Å². The summed E-state index contributed by atoms with van der Waals surface area (Å²) >= 11 is 0. The third kappa shape index (κ3) is 5.01. The fourth-order valence-corrected chi connectivity index (χ4v) is 1.74. The minimum atomic E-state index is -0.451. The number of carbonyl (C=O) groups is 2. The molecule has 1 aromatic carbocycles. The Bertz CT molecular complexity index is 457. The average Bonchev–Trinajstić information content (AvgIpc) is 2.40. The highest BCUT2D eigenvalue weighted by Gasteiger charge is 2.19. The van der Waals surface area contributed by atoms with Crippen LogP contribution in [-0.4, -0.2) is 36.5 Å². The van der Waals surface area contributed by atoms with Gasteiger partial charge < -0.3 is 5.32 Å². The van der Waals surface area contributed by atoms with E-state index in [1.165, 1.54) is 5.56 Å². The first-order valence-corrected chi connectivity index (χ1v) is 6.78. The quantitative estimate of drug-likeness (QED) is 0.860. The lowest BCUT2D eigenvalue weighted by Gasteiger charge is -2.23. The summed E-state index contributed by atoms with van der Waals surface area (Å²) in [7, 11) is 1.86. The first-order valence-electron chi connectivity index (χ1n) is 6.78. The molecule has 0 spiro atoms. The summed E-state index contributed by atoms with van der Waals surface area (Å²) < 4.78 is 0. The van der Waals surface area contributed by atoms with Crippen LogP contribution >= 0.6 is 0 Å². The van der Waals surface area contributed by atoms with Gasteiger partial charge in [0.25, 0.3) is 0 Å². The summed E-state index contributed by atoms with van der Waals surface area (Å²) in [6.07, 6.45) is 0. The van der Waals surface area contributed by atoms with Crippen LogP contribution in [0.2, 0.25) is 0 Å². The van der Waals surface area contributed by atoms with E-state index in [0.29, 0.717) is 13.1 Å². The summed E-state index contributed by atoms with van der Waals surface area (Å²) in [5, 5.41) is 4.86. The number of nitrogens with zero attached hydrogens (tertiary/aromatic N) is 1. The normalized spacial score (nSPS) is 12.1. The van der Waals surface area contributed by atoms with Crippen LogP contribution in [0.25, 0.3) is 0 Å². The lowest BCUT2D eigenvalue weighted by Crippen LogP contribution is -2.48. The Morgan fingerprint density at radius 1 is 1.25 bits per heavy atom. The summed E-state index contributed by atoms with van der Waals surface area (Å²) in [6.45, 7) is 6.77. The van der Waals surface area contributed by atoms with Gasteiger partial charge in [0.1, 0.15) is 0 Å². The van der Waals surface area contributed by atoms with E-state index in [9.17, 15) is 9.59 Å². The molecule has 0 aromatic heterocycles. The molecule has 2 N–H and O–H groups in total. The SMILES string of the molecule is CCNC(=O)NC(=O)C(C)N(C)Cc1ccc(C)cc1. The van der Waals surface area contributed by atoms with Crippen LogP contribution < -0.4 is 10.6 Å². The minimum absolute atomic E-state index is 0.300. The molecule has 0 radical (unpaired) electrons. The molecule has 1 aromatic rings. The molecule has 5 heteroatoms. The number of amides is 3. The number of rotatable bonds is 5. The maximum absolute atomic E-state index is 11.9. The second-order valence-corrected chi connectivity index (χ2v) is 4.93. The second kappa shape index (κ2) is 7.65. The van der Waals surface area contributed by atoms with Crippen LogP contribution in [0.3, 0.4) is 0 Å². The molecule has 0 aliphatic heterocycles. The van der Waals surface area contributed by atoms with Crippen molar-refractivity contribution in [3.05, 3.63) is 35.4 Å². The van der Waals surface area contributed by atoms with Gasteiger partial charge in [-0.15, -0.1) is 0 Å². The predicted octanol–water partition coefficient (Wildman–Crippen LogP) is 1.66. The predicted molar refractivity (Wildman–Crippen MR) is 79.3 cm³/mol. The van der Waals surface area contributed by atoms with E-state index >= 15 is 0 Å². The van der Waals surface area contributed by atoms with E-state index in [1.807, 2.05) is 43.1 Å². The molecular weight excluding hydrogens is 254 g/mol. The molecule has 1 rings (SSSR count). The number of urea groups is 1. The molecular formula is C15H23N3O2. The molecule has 1 unspecified atom stereocenters. The highest BCUT2D eigenvalue weighted by atomic mass is 16.2. The van der Waals surface area contributed by atoms with Gasteiger partial charge in [0.2, 0.25) is 5.91 Å². The topological polar surface area (TPSA) is 61.4 Å². The lowest BCUT2D eigenvalue weighted by atomic mass is 10.1. The van der Waals surface area contributed by atoms with Crippen LogP contribution in [0.1, 0.15) is 25.0 Å². The fourth-order valence-electron chi connectivity index (χ4n) is 1.74. The third-order valence-electron chi connectivity index (χ3n) is 3.17. The zero-order chi connectivity index (χ0) is 15.1. The van der Waals surface area contributed by atoms with Crippen LogP contribution in [0.4, 0.5) is 4.79 Å². The van der Waals surface area contributed by atoms with Gasteiger partial charge in [0.05, 0.1) is 6.04 Å². The van der Waals surface area contributed by atoms with Crippen molar-refractivity contribution < 1.29 is 9.59 Å². The van der Waals surface area contributed by atoms with Gasteiger partial charge >= 0.3 is 6.03 Å². The fraction of sp³-hybridized carbons (Fsp3) is 0.467. The van der Waals surface area contributed by atoms with Crippen molar-refractivity contribution in [1.29, 1.82) is 0 Å². The van der Waals surface area contributed by atoms with Crippen molar-refractivity contribution in [2.45, 2.75) is 33.4 Å². The zero-order valence-corrected chi connectivity index (χ0v) is 12.6. The Balaban J connectivity index is 2.53. The van der Waals surface area contributed by atoms with Crippen molar-refractivity contribution in [1.82, 2.24) is 15.5 Å². The Morgan fingerprint density at radius 3 is 2.40 bits per heavy atom. The number of aryl methyl sites for hydroxylation is 1. The summed E-state index contributed by atoms with van der Waals surface area (Å²) in [5.41, 5.74) is 2.34. The summed E-state index contributed by atoms with van der Waals surface area (Å²) in [4.78, 5) is 25.1. The highest BCUT2D eigenvalue weighted by Crippen LogP contribution is 2.08. The van der Waals surface area contributed by atoms with Crippen molar-refractivity contribution in [3.63, 3.8) is 0 Å². The molecule has 0 bridgehead atoms. The molecule has 3 amide bonds. The van der Waals surface area contributed by atoms with Gasteiger partial charge in [0.15, 0.2) is 0 Å². The second-order valence-electron chi connectivity index (χ2n) is 4.93. The molecule has 1 atom stereocenters. The molecule has 0 aliphatic rings. The zero-order valence-electron chi connectivity index (χ0n) is 12.6. The van der Waals surface area contributed by atoms with Crippen molar-refractivity contribution >= 4 is 11.9 Å². The van der Waals surface area contributed by atoms with Crippen LogP contribution in [0.15, 0.2) is 24.3 Å². The number of hydrogen-bond donors (Lipinski definition) is 2. The number of nitrogens with one attached hydrogen (secondary N) is 2. The monoisotopic (exact) mass is 277 g/mol. The molecule has 0 aliphatic carbocycles.